The average Bonchev–Trinajstić information content (AvgIpc) is 3.49. The lowest BCUT2D eigenvalue weighted by Crippen LogP contribution is -2.35. The number of hydrogen-bond donors (Lipinski definition) is 0. The van der Waals surface area contributed by atoms with Crippen LogP contribution in [0.3, 0.4) is 0 Å². The maximum Gasteiger partial charge on any atom is 0.126 e. The molecule has 0 saturated carbocycles. The van der Waals surface area contributed by atoms with Gasteiger partial charge in [0.05, 0.1) is 11.6 Å². The van der Waals surface area contributed by atoms with Crippen molar-refractivity contribution < 1.29 is 0 Å². The number of unbranched alkanes of at least 4 members (excludes halogenated alkanes) is 1. The van der Waals surface area contributed by atoms with E-state index in [2.05, 4.69) is 126 Å². The fourth-order valence-corrected chi connectivity index (χ4v) is 5.95. The molecular weight excluding hydrogens is 484 g/mol. The SMILES string of the molecule is CCC#Cn1c2c(c3ccc(C#Cc4ccccc4)cc31)C1C=CC(/C=C/C3=CCCC=C3)=CC1N2CCCC. The van der Waals surface area contributed by atoms with Crippen LogP contribution in [-0.4, -0.2) is 17.2 Å². The highest BCUT2D eigenvalue weighted by molar-refractivity contribution is 5.95. The van der Waals surface area contributed by atoms with Gasteiger partial charge < -0.3 is 4.90 Å². The van der Waals surface area contributed by atoms with E-state index in [0.717, 1.165) is 55.3 Å². The summed E-state index contributed by atoms with van der Waals surface area (Å²) in [5, 5.41) is 1.29. The minimum Gasteiger partial charge on any atom is -0.350 e. The van der Waals surface area contributed by atoms with Crippen LogP contribution in [0.25, 0.3) is 10.9 Å². The highest BCUT2D eigenvalue weighted by Crippen LogP contribution is 2.49. The van der Waals surface area contributed by atoms with E-state index >= 15 is 0 Å². The molecule has 0 fully saturated rings. The molecule has 1 aromatic heterocycles. The van der Waals surface area contributed by atoms with Gasteiger partial charge >= 0.3 is 0 Å². The molecule has 2 heteroatoms. The molecule has 2 aromatic carbocycles. The number of hydrogen-bond acceptors (Lipinski definition) is 1. The largest absolute Gasteiger partial charge is 0.350 e. The lowest BCUT2D eigenvalue weighted by Gasteiger charge is -2.30. The van der Waals surface area contributed by atoms with Crippen LogP contribution < -0.4 is 4.90 Å². The molecule has 2 aliphatic carbocycles. The summed E-state index contributed by atoms with van der Waals surface area (Å²) in [6.45, 7) is 5.41. The van der Waals surface area contributed by atoms with Gasteiger partial charge in [-0.15, -0.1) is 0 Å². The van der Waals surface area contributed by atoms with Gasteiger partial charge in [-0.3, -0.25) is 4.57 Å². The van der Waals surface area contributed by atoms with Crippen molar-refractivity contribution in [2.75, 3.05) is 11.4 Å². The Labute approximate surface area is 239 Å². The van der Waals surface area contributed by atoms with E-state index in [1.807, 2.05) is 18.2 Å². The van der Waals surface area contributed by atoms with Crippen molar-refractivity contribution in [3.8, 4) is 23.8 Å². The third kappa shape index (κ3) is 5.11. The molecule has 0 bridgehead atoms. The predicted molar refractivity (Wildman–Crippen MR) is 169 cm³/mol. The zero-order valence-electron chi connectivity index (χ0n) is 23.5. The Morgan fingerprint density at radius 3 is 2.58 bits per heavy atom. The van der Waals surface area contributed by atoms with E-state index in [9.17, 15) is 0 Å². The predicted octanol–water partition coefficient (Wildman–Crippen LogP) is 8.66. The third-order valence-electron chi connectivity index (χ3n) is 7.91. The molecule has 0 spiro atoms. The van der Waals surface area contributed by atoms with Gasteiger partial charge in [-0.05, 0) is 54.7 Å². The molecule has 0 N–H and O–H groups in total. The molecule has 0 saturated heterocycles. The van der Waals surface area contributed by atoms with Gasteiger partial charge in [0.15, 0.2) is 0 Å². The van der Waals surface area contributed by atoms with Gasteiger partial charge in [0.2, 0.25) is 0 Å². The molecule has 40 heavy (non-hydrogen) atoms. The molecule has 198 valence electrons. The first-order valence-corrected chi connectivity index (χ1v) is 14.7. The molecule has 1 aliphatic heterocycles. The summed E-state index contributed by atoms with van der Waals surface area (Å²) in [4.78, 5) is 2.61. The monoisotopic (exact) mass is 520 g/mol. The van der Waals surface area contributed by atoms with Crippen molar-refractivity contribution in [1.82, 2.24) is 4.57 Å². The van der Waals surface area contributed by atoms with Crippen molar-refractivity contribution in [3.63, 3.8) is 0 Å². The molecule has 3 aromatic rings. The van der Waals surface area contributed by atoms with Gasteiger partial charge in [-0.1, -0.05) is 111 Å². The Balaban J connectivity index is 1.42. The van der Waals surface area contributed by atoms with Crippen molar-refractivity contribution in [3.05, 3.63) is 125 Å². The average molecular weight is 521 g/mol. The summed E-state index contributed by atoms with van der Waals surface area (Å²) in [6.07, 6.45) is 23.9. The summed E-state index contributed by atoms with van der Waals surface area (Å²) in [7, 11) is 0. The number of nitrogens with zero attached hydrogens (tertiary/aromatic N) is 2. The first-order valence-electron chi connectivity index (χ1n) is 14.7. The molecule has 0 amide bonds. The number of benzene rings is 2. The highest BCUT2D eigenvalue weighted by Gasteiger charge is 2.41. The molecule has 2 atom stereocenters. The Morgan fingerprint density at radius 1 is 0.925 bits per heavy atom. The second-order valence-corrected chi connectivity index (χ2v) is 10.7. The minimum absolute atomic E-state index is 0.300. The Morgan fingerprint density at radius 2 is 1.77 bits per heavy atom. The Hall–Kier alpha value is -4.40. The first-order chi connectivity index (χ1) is 19.8. The molecule has 2 unspecified atom stereocenters. The summed E-state index contributed by atoms with van der Waals surface area (Å²) in [6, 6.07) is 20.7. The smallest absolute Gasteiger partial charge is 0.126 e. The number of aromatic nitrogens is 1. The van der Waals surface area contributed by atoms with Crippen molar-refractivity contribution in [2.45, 2.75) is 57.9 Å². The Kier molecular flexibility index (Phi) is 7.61. The molecule has 2 nitrogen and oxygen atoms in total. The van der Waals surface area contributed by atoms with E-state index in [-0.39, 0.29) is 0 Å². The summed E-state index contributed by atoms with van der Waals surface area (Å²) in [5.74, 6) is 11.6. The lowest BCUT2D eigenvalue weighted by atomic mass is 9.87. The Bertz CT molecular complexity index is 1680. The maximum absolute atomic E-state index is 3.52. The molecule has 6 rings (SSSR count). The quantitative estimate of drug-likeness (QED) is 0.306. The van der Waals surface area contributed by atoms with Gasteiger partial charge in [-0.25, -0.2) is 0 Å². The fourth-order valence-electron chi connectivity index (χ4n) is 5.95. The van der Waals surface area contributed by atoms with Gasteiger partial charge in [-0.2, -0.15) is 0 Å². The van der Waals surface area contributed by atoms with Crippen LogP contribution in [0, 0.1) is 23.8 Å². The van der Waals surface area contributed by atoms with Crippen LogP contribution in [0.1, 0.15) is 68.6 Å². The van der Waals surface area contributed by atoms with Crippen LogP contribution in [0.15, 0.2) is 108 Å². The fraction of sp³-hybridized carbons (Fsp3) is 0.263. The molecule has 3 aliphatic rings. The topological polar surface area (TPSA) is 8.17 Å². The number of rotatable bonds is 5. The number of anilines is 1. The molecular formula is C38H36N2. The normalized spacial score (nSPS) is 19.0. The van der Waals surface area contributed by atoms with Crippen molar-refractivity contribution in [1.29, 1.82) is 0 Å². The van der Waals surface area contributed by atoms with Crippen LogP contribution in [0.4, 0.5) is 5.82 Å². The number of allylic oxidation sites excluding steroid dienone is 8. The van der Waals surface area contributed by atoms with E-state index in [1.165, 1.54) is 27.9 Å². The van der Waals surface area contributed by atoms with E-state index in [4.69, 9.17) is 0 Å². The summed E-state index contributed by atoms with van der Waals surface area (Å²) < 4.78 is 2.25. The van der Waals surface area contributed by atoms with Crippen LogP contribution in [-0.2, 0) is 0 Å². The number of fused-ring (bicyclic) bond motifs is 5. The second kappa shape index (κ2) is 11.8. The maximum atomic E-state index is 3.52. The van der Waals surface area contributed by atoms with Gasteiger partial charge in [0.1, 0.15) is 5.82 Å². The van der Waals surface area contributed by atoms with E-state index in [0.29, 0.717) is 12.0 Å². The summed E-state index contributed by atoms with van der Waals surface area (Å²) >= 11 is 0. The molecule has 2 heterocycles. The lowest BCUT2D eigenvalue weighted by molar-refractivity contribution is 0.636. The molecule has 0 radical (unpaired) electrons. The van der Waals surface area contributed by atoms with Crippen LogP contribution in [0.2, 0.25) is 0 Å². The zero-order chi connectivity index (χ0) is 27.3. The standard InChI is InChI=1S/C38H36N2/c1-3-5-25-39-35-27-31(19-17-29-13-9-7-10-14-29)21-23-33(35)37-34-24-22-32(20-18-30-15-11-8-12-16-30)28-36(34)40(38(37)39)26-6-4-2/h8-9,11-17,19,21-24,27-28,33,35H,3-5,7,10,25H2,1-2H3/b19-17+. The highest BCUT2D eigenvalue weighted by atomic mass is 15.3. The van der Waals surface area contributed by atoms with Crippen molar-refractivity contribution in [2.24, 2.45) is 0 Å². The third-order valence-corrected chi connectivity index (χ3v) is 7.91. The zero-order valence-corrected chi connectivity index (χ0v) is 23.5. The summed E-state index contributed by atoms with van der Waals surface area (Å²) in [5.41, 5.74) is 7.18. The van der Waals surface area contributed by atoms with Crippen molar-refractivity contribution >= 4 is 16.7 Å². The second-order valence-electron chi connectivity index (χ2n) is 10.7. The minimum atomic E-state index is 0.300. The first kappa shape index (κ1) is 25.9. The van der Waals surface area contributed by atoms with Crippen LogP contribution >= 0.6 is 0 Å². The van der Waals surface area contributed by atoms with Gasteiger partial charge in [0.25, 0.3) is 0 Å². The van der Waals surface area contributed by atoms with E-state index in [1.54, 1.807) is 0 Å². The van der Waals surface area contributed by atoms with E-state index < -0.39 is 0 Å². The van der Waals surface area contributed by atoms with Gasteiger partial charge in [0, 0.05) is 47.0 Å². The van der Waals surface area contributed by atoms with Crippen LogP contribution in [0.5, 0.6) is 0 Å².